The van der Waals surface area contributed by atoms with Crippen molar-refractivity contribution >= 4 is 17.5 Å². The number of nitrogens with one attached hydrogen (secondary N) is 2. The number of methoxy groups -OCH3 is 1. The molecule has 0 spiro atoms. The van der Waals surface area contributed by atoms with E-state index >= 15 is 0 Å². The highest BCUT2D eigenvalue weighted by atomic mass is 19.1. The molecule has 0 radical (unpaired) electrons. The number of hydrogen-bond acceptors (Lipinski definition) is 7. The molecule has 0 bridgehead atoms. The van der Waals surface area contributed by atoms with E-state index in [1.54, 1.807) is 19.4 Å². The molecule has 3 heterocycles. The minimum absolute atomic E-state index is 0.105. The van der Waals surface area contributed by atoms with Crippen LogP contribution in [0.1, 0.15) is 31.2 Å². The Hall–Kier alpha value is -3.40. The first-order chi connectivity index (χ1) is 15.5. The van der Waals surface area contributed by atoms with Gasteiger partial charge in [0.05, 0.1) is 30.1 Å². The zero-order valence-corrected chi connectivity index (χ0v) is 17.9. The molecule has 1 amide bonds. The second-order valence-electron chi connectivity index (χ2n) is 8.24. The zero-order valence-electron chi connectivity index (χ0n) is 17.9. The van der Waals surface area contributed by atoms with E-state index in [-0.39, 0.29) is 24.6 Å². The number of ether oxygens (including phenoxy) is 1. The molecule has 1 fully saturated rings. The summed E-state index contributed by atoms with van der Waals surface area (Å²) >= 11 is 0. The van der Waals surface area contributed by atoms with Gasteiger partial charge in [-0.15, -0.1) is 0 Å². The summed E-state index contributed by atoms with van der Waals surface area (Å²) in [7, 11) is 1.74. The van der Waals surface area contributed by atoms with Crippen LogP contribution < -0.4 is 10.2 Å². The molecule has 5 rings (SSSR count). The number of benzene rings is 1. The number of aromatic amines is 1. The van der Waals surface area contributed by atoms with E-state index in [0.29, 0.717) is 34.3 Å². The van der Waals surface area contributed by atoms with Gasteiger partial charge in [0.1, 0.15) is 12.1 Å². The Morgan fingerprint density at radius 2 is 1.97 bits per heavy atom. The lowest BCUT2D eigenvalue weighted by atomic mass is 9.91. The highest BCUT2D eigenvalue weighted by Crippen LogP contribution is 2.36. The van der Waals surface area contributed by atoms with Gasteiger partial charge in [0.15, 0.2) is 17.5 Å². The Labute approximate surface area is 184 Å². The Kier molecular flexibility index (Phi) is 5.30. The lowest BCUT2D eigenvalue weighted by Gasteiger charge is -2.39. The molecular weight excluding hydrogens is 413 g/mol. The molecule has 2 aromatic heterocycles. The van der Waals surface area contributed by atoms with E-state index in [9.17, 15) is 9.18 Å². The average Bonchev–Trinajstić information content (AvgIpc) is 3.34. The summed E-state index contributed by atoms with van der Waals surface area (Å²) in [4.78, 5) is 27.6. The molecule has 0 atom stereocenters. The van der Waals surface area contributed by atoms with Gasteiger partial charge in [-0.25, -0.2) is 19.3 Å². The number of halogens is 1. The smallest absolute Gasteiger partial charge is 0.245 e. The predicted octanol–water partition coefficient (Wildman–Crippen LogP) is 3.09. The number of hydrogen-bond donors (Lipinski definition) is 2. The van der Waals surface area contributed by atoms with Crippen LogP contribution in [-0.2, 0) is 9.53 Å². The van der Waals surface area contributed by atoms with E-state index < -0.39 is 5.82 Å². The van der Waals surface area contributed by atoms with E-state index in [1.165, 1.54) is 12.4 Å². The number of carbonyl (C=O) groups is 1. The van der Waals surface area contributed by atoms with Crippen LogP contribution in [0.3, 0.4) is 0 Å². The summed E-state index contributed by atoms with van der Waals surface area (Å²) in [5.74, 6) is 0.823. The van der Waals surface area contributed by atoms with Crippen LogP contribution in [0.5, 0.6) is 0 Å². The number of nitrogens with zero attached hydrogens (tertiary/aromatic N) is 5. The van der Waals surface area contributed by atoms with Gasteiger partial charge in [-0.1, -0.05) is 0 Å². The Morgan fingerprint density at radius 1 is 1.16 bits per heavy atom. The van der Waals surface area contributed by atoms with Crippen molar-refractivity contribution in [3.8, 4) is 22.6 Å². The summed E-state index contributed by atoms with van der Waals surface area (Å²) in [6.45, 7) is 2.11. The molecule has 2 aliphatic rings. The van der Waals surface area contributed by atoms with Crippen molar-refractivity contribution < 1.29 is 13.9 Å². The van der Waals surface area contributed by atoms with Crippen LogP contribution >= 0.6 is 0 Å². The van der Waals surface area contributed by atoms with E-state index in [0.717, 1.165) is 31.2 Å². The number of rotatable bonds is 4. The number of amides is 1. The summed E-state index contributed by atoms with van der Waals surface area (Å²) in [5.41, 5.74) is 2.33. The number of carbonyl (C=O) groups excluding carboxylic acids is 1. The maximum atomic E-state index is 14.9. The van der Waals surface area contributed by atoms with Gasteiger partial charge in [0, 0.05) is 18.7 Å². The highest BCUT2D eigenvalue weighted by Gasteiger charge is 2.33. The number of aromatic nitrogens is 5. The van der Waals surface area contributed by atoms with Gasteiger partial charge >= 0.3 is 0 Å². The Bertz CT molecular complexity index is 1140. The van der Waals surface area contributed by atoms with Crippen LogP contribution in [-0.4, -0.2) is 56.9 Å². The van der Waals surface area contributed by atoms with Crippen LogP contribution in [0.4, 0.5) is 16.0 Å². The molecule has 10 heteroatoms. The number of H-pyrrole nitrogens is 1. The maximum Gasteiger partial charge on any atom is 0.245 e. The normalized spacial score (nSPS) is 20.7. The van der Waals surface area contributed by atoms with Gasteiger partial charge in [0.2, 0.25) is 5.91 Å². The van der Waals surface area contributed by atoms with Crippen LogP contribution in [0.25, 0.3) is 22.6 Å². The Balaban J connectivity index is 1.50. The fourth-order valence-electron chi connectivity index (χ4n) is 4.56. The van der Waals surface area contributed by atoms with Crippen molar-refractivity contribution in [2.24, 2.45) is 0 Å². The summed E-state index contributed by atoms with van der Waals surface area (Å²) < 4.78 is 20.4. The molecule has 3 aromatic rings. The third-order valence-corrected chi connectivity index (χ3v) is 6.26. The quantitative estimate of drug-likeness (QED) is 0.646. The zero-order chi connectivity index (χ0) is 22.2. The lowest BCUT2D eigenvalue weighted by Crippen LogP contribution is -2.47. The van der Waals surface area contributed by atoms with Crippen molar-refractivity contribution in [1.29, 1.82) is 0 Å². The largest absolute Gasteiger partial charge is 0.381 e. The monoisotopic (exact) mass is 437 g/mol. The average molecular weight is 437 g/mol. The summed E-state index contributed by atoms with van der Waals surface area (Å²) in [5, 5.41) is 9.38. The first-order valence-corrected chi connectivity index (χ1v) is 10.7. The van der Waals surface area contributed by atoms with Crippen molar-refractivity contribution in [3.63, 3.8) is 0 Å². The SMILES string of the molecule is CO[C@H]1CC[C@H](N2CC(=O)Nc3ncc(-c4cc(F)c(-c5nc[nH]n5)cc4C)nc32)CC1. The molecule has 2 N–H and O–H groups in total. The van der Waals surface area contributed by atoms with Crippen molar-refractivity contribution in [1.82, 2.24) is 25.1 Å². The molecule has 1 aliphatic heterocycles. The van der Waals surface area contributed by atoms with Crippen molar-refractivity contribution in [2.45, 2.75) is 44.8 Å². The summed E-state index contributed by atoms with van der Waals surface area (Å²) in [6.07, 6.45) is 6.94. The van der Waals surface area contributed by atoms with Gasteiger partial charge in [-0.05, 0) is 50.3 Å². The van der Waals surface area contributed by atoms with E-state index in [1.807, 2.05) is 11.8 Å². The fourth-order valence-corrected chi connectivity index (χ4v) is 4.56. The number of fused-ring (bicyclic) bond motifs is 1. The minimum Gasteiger partial charge on any atom is -0.381 e. The topological polar surface area (TPSA) is 109 Å². The summed E-state index contributed by atoms with van der Waals surface area (Å²) in [6, 6.07) is 3.33. The molecule has 0 unspecified atom stereocenters. The maximum absolute atomic E-state index is 14.9. The van der Waals surface area contributed by atoms with Crippen molar-refractivity contribution in [3.05, 3.63) is 36.0 Å². The van der Waals surface area contributed by atoms with Gasteiger partial charge in [-0.3, -0.25) is 9.89 Å². The standard InChI is InChI=1S/C22H24FN7O2/c1-12-7-16(20-25-11-26-29-20)17(23)8-15(12)18-9-24-21-22(27-18)30(10-19(31)28-21)13-3-5-14(32-2)6-4-13/h7-9,11,13-14H,3-6,10H2,1-2H3,(H,24,28,31)(H,25,26,29)/t13-,14-. The third kappa shape index (κ3) is 3.70. The second-order valence-corrected chi connectivity index (χ2v) is 8.24. The molecule has 1 aliphatic carbocycles. The van der Waals surface area contributed by atoms with Gasteiger partial charge < -0.3 is 15.0 Å². The molecule has 1 saturated carbocycles. The molecule has 166 valence electrons. The molecule has 0 saturated heterocycles. The molecule has 1 aromatic carbocycles. The highest BCUT2D eigenvalue weighted by molar-refractivity contribution is 5.99. The second kappa shape index (κ2) is 8.27. The van der Waals surface area contributed by atoms with Crippen LogP contribution in [0.15, 0.2) is 24.7 Å². The first-order valence-electron chi connectivity index (χ1n) is 10.7. The van der Waals surface area contributed by atoms with Crippen LogP contribution in [0, 0.1) is 12.7 Å². The fraction of sp³-hybridized carbons (Fsp3) is 0.409. The molecular formula is C22H24FN7O2. The van der Waals surface area contributed by atoms with Crippen LogP contribution in [0.2, 0.25) is 0 Å². The first kappa shape index (κ1) is 20.5. The molecule has 9 nitrogen and oxygen atoms in total. The Morgan fingerprint density at radius 3 is 2.69 bits per heavy atom. The number of anilines is 2. The van der Waals surface area contributed by atoms with E-state index in [4.69, 9.17) is 9.72 Å². The van der Waals surface area contributed by atoms with Crippen molar-refractivity contribution in [2.75, 3.05) is 23.9 Å². The van der Waals surface area contributed by atoms with Gasteiger partial charge in [0.25, 0.3) is 0 Å². The number of aryl methyl sites for hydroxylation is 1. The van der Waals surface area contributed by atoms with E-state index in [2.05, 4.69) is 25.5 Å². The predicted molar refractivity (Wildman–Crippen MR) is 117 cm³/mol. The molecule has 32 heavy (non-hydrogen) atoms. The lowest BCUT2D eigenvalue weighted by molar-refractivity contribution is -0.115. The minimum atomic E-state index is -0.437. The third-order valence-electron chi connectivity index (χ3n) is 6.26. The van der Waals surface area contributed by atoms with Gasteiger partial charge in [-0.2, -0.15) is 5.10 Å².